The monoisotopic (exact) mass is 196 g/mol. The Labute approximate surface area is 105 Å². The summed E-state index contributed by atoms with van der Waals surface area (Å²) < 4.78 is 5.30. The van der Waals surface area contributed by atoms with Crippen molar-refractivity contribution in [1.82, 2.24) is 0 Å². The van der Waals surface area contributed by atoms with Gasteiger partial charge in [-0.25, -0.2) is 6.61 Å². The van der Waals surface area contributed by atoms with Gasteiger partial charge in [0.15, 0.2) is 0 Å². The fraction of sp³-hybridized carbons (Fsp3) is 0.308. The van der Waals surface area contributed by atoms with Gasteiger partial charge in [-0.15, -0.1) is 6.58 Å². The second-order valence-electron chi connectivity index (χ2n) is 3.14. The van der Waals surface area contributed by atoms with Gasteiger partial charge in [0, 0.05) is 6.61 Å². The van der Waals surface area contributed by atoms with Gasteiger partial charge in [0.2, 0.25) is 0 Å². The van der Waals surface area contributed by atoms with Gasteiger partial charge < -0.3 is 4.74 Å². The summed E-state index contributed by atoms with van der Waals surface area (Å²) in [5.74, 6) is 0. The molecule has 0 aliphatic carbocycles. The molecule has 2 heteroatoms. The van der Waals surface area contributed by atoms with E-state index < -0.39 is 0 Å². The molecule has 1 aromatic carbocycles. The van der Waals surface area contributed by atoms with E-state index in [9.17, 15) is 0 Å². The molecule has 0 saturated carbocycles. The molecule has 0 bridgehead atoms. The Kier molecular flexibility index (Phi) is 9.73. The molecule has 0 heterocycles. The molecule has 0 aliphatic rings. The minimum Gasteiger partial charge on any atom is -0.552 e. The molecule has 76 valence electrons. The summed E-state index contributed by atoms with van der Waals surface area (Å²) in [6.45, 7) is 6.27. The molecule has 0 aromatic heterocycles. The molecule has 0 spiro atoms. The Morgan fingerprint density at radius 1 is 1.27 bits per heavy atom. The first-order chi connectivity index (χ1) is 6.93. The van der Waals surface area contributed by atoms with Crippen molar-refractivity contribution < 1.29 is 23.6 Å². The van der Waals surface area contributed by atoms with Crippen molar-refractivity contribution >= 4 is 0 Å². The van der Waals surface area contributed by atoms with E-state index >= 15 is 0 Å². The van der Waals surface area contributed by atoms with Crippen LogP contribution in [0.4, 0.5) is 0 Å². The number of aryl methyl sites for hydroxylation is 1. The first kappa shape index (κ1) is 14.5. The van der Waals surface area contributed by atoms with E-state index in [4.69, 9.17) is 4.74 Å². The third-order valence-corrected chi connectivity index (χ3v) is 1.95. The molecule has 1 nitrogen and oxygen atoms in total. The number of rotatable bonds is 7. The summed E-state index contributed by atoms with van der Waals surface area (Å²) in [6, 6.07) is 10.4. The van der Waals surface area contributed by atoms with E-state index in [0.717, 1.165) is 25.9 Å². The van der Waals surface area contributed by atoms with Crippen molar-refractivity contribution in [3.63, 3.8) is 0 Å². The first-order valence-corrected chi connectivity index (χ1v) is 5.01. The van der Waals surface area contributed by atoms with Crippen LogP contribution in [0.3, 0.4) is 0 Å². The number of ether oxygens (including phenoxy) is 1. The summed E-state index contributed by atoms with van der Waals surface area (Å²) in [4.78, 5) is 0. The van der Waals surface area contributed by atoms with Crippen molar-refractivity contribution in [3.8, 4) is 0 Å². The number of hydrogen-bond donors (Lipinski definition) is 0. The van der Waals surface area contributed by atoms with Gasteiger partial charge in [-0.2, -0.15) is 6.42 Å². The van der Waals surface area contributed by atoms with Crippen molar-refractivity contribution in [3.05, 3.63) is 55.2 Å². The van der Waals surface area contributed by atoms with Gasteiger partial charge in [-0.05, 0) is 6.42 Å². The van der Waals surface area contributed by atoms with E-state index in [1.165, 1.54) is 5.56 Å². The van der Waals surface area contributed by atoms with Crippen LogP contribution in [0, 0.1) is 6.61 Å². The molecule has 0 unspecified atom stereocenters. The van der Waals surface area contributed by atoms with Crippen LogP contribution in [0.2, 0.25) is 0 Å². The van der Waals surface area contributed by atoms with Gasteiger partial charge >= 0.3 is 18.9 Å². The van der Waals surface area contributed by atoms with Crippen LogP contribution in [-0.4, -0.2) is 6.61 Å². The van der Waals surface area contributed by atoms with Crippen molar-refractivity contribution in [2.45, 2.75) is 19.3 Å². The molecule has 15 heavy (non-hydrogen) atoms. The van der Waals surface area contributed by atoms with E-state index in [0.29, 0.717) is 0 Å². The van der Waals surface area contributed by atoms with Crippen molar-refractivity contribution in [2.24, 2.45) is 0 Å². The third-order valence-electron chi connectivity index (χ3n) is 1.95. The van der Waals surface area contributed by atoms with Crippen LogP contribution in [0.1, 0.15) is 18.4 Å². The molecule has 1 aromatic rings. The Bertz CT molecular complexity index is 246. The summed E-state index contributed by atoms with van der Waals surface area (Å²) in [6.07, 6.45) is 4.81. The van der Waals surface area contributed by atoms with Crippen LogP contribution in [-0.2, 0) is 11.2 Å². The maximum Gasteiger partial charge on any atom is 1.00 e. The molecule has 1 rings (SSSR count). The van der Waals surface area contributed by atoms with Gasteiger partial charge in [0.05, 0.1) is 0 Å². The Morgan fingerprint density at radius 3 is 2.67 bits per heavy atom. The zero-order valence-corrected chi connectivity index (χ0v) is 9.49. The van der Waals surface area contributed by atoms with Gasteiger partial charge in [0.25, 0.3) is 0 Å². The predicted molar refractivity (Wildman–Crippen MR) is 59.8 cm³/mol. The van der Waals surface area contributed by atoms with Gasteiger partial charge in [-0.1, -0.05) is 48.4 Å². The van der Waals surface area contributed by atoms with Crippen molar-refractivity contribution in [1.29, 1.82) is 0 Å². The molecule has 0 N–H and O–H groups in total. The van der Waals surface area contributed by atoms with Crippen LogP contribution >= 0.6 is 0 Å². The second kappa shape index (κ2) is 10.0. The summed E-state index contributed by atoms with van der Waals surface area (Å²) in [7, 11) is 0. The molecular weight excluding hydrogens is 179 g/mol. The van der Waals surface area contributed by atoms with E-state index in [1.54, 1.807) is 0 Å². The molecule has 0 saturated heterocycles. The fourth-order valence-corrected chi connectivity index (χ4v) is 1.19. The number of benzene rings is 1. The van der Waals surface area contributed by atoms with E-state index in [1.807, 2.05) is 18.7 Å². The van der Waals surface area contributed by atoms with Crippen LogP contribution < -0.4 is 18.9 Å². The van der Waals surface area contributed by atoms with E-state index in [2.05, 4.69) is 30.8 Å². The van der Waals surface area contributed by atoms with Crippen LogP contribution in [0.15, 0.2) is 43.0 Å². The Hall–Kier alpha value is -0.483. The Morgan fingerprint density at radius 2 is 2.00 bits per heavy atom. The zero-order chi connectivity index (χ0) is 10.1. The summed E-state index contributed by atoms with van der Waals surface area (Å²) in [5.41, 5.74) is 1.36. The minimum atomic E-state index is 0. The van der Waals surface area contributed by atoms with Crippen LogP contribution in [0.25, 0.3) is 0 Å². The van der Waals surface area contributed by atoms with Crippen molar-refractivity contribution in [2.75, 3.05) is 6.61 Å². The van der Waals surface area contributed by atoms with E-state index in [-0.39, 0.29) is 18.9 Å². The standard InChI is InChI=1S/C13H17O.Li/c1-2-3-11-14-12-7-10-13-8-5-4-6-9-13;/h2,4-6,8-9,12H,1,3,7,10-11H2;/q-1;+1. The molecule has 0 aliphatic heterocycles. The smallest absolute Gasteiger partial charge is 0.552 e. The van der Waals surface area contributed by atoms with Gasteiger partial charge in [-0.3, -0.25) is 0 Å². The second-order valence-corrected chi connectivity index (χ2v) is 3.14. The molecule has 0 fully saturated rings. The molecule has 0 amide bonds. The minimum absolute atomic E-state index is 0. The third kappa shape index (κ3) is 7.45. The first-order valence-electron chi connectivity index (χ1n) is 5.01. The molecular formula is C13H17LiO. The van der Waals surface area contributed by atoms with Crippen LogP contribution in [0.5, 0.6) is 0 Å². The summed E-state index contributed by atoms with van der Waals surface area (Å²) in [5, 5.41) is 0. The quantitative estimate of drug-likeness (QED) is 0.265. The SMILES string of the molecule is C=CCCO[CH-]CCc1ccccc1.[Li+]. The maximum atomic E-state index is 5.30. The maximum absolute atomic E-state index is 5.30. The average Bonchev–Trinajstić information content (AvgIpc) is 2.25. The molecule has 0 atom stereocenters. The largest absolute Gasteiger partial charge is 1.00 e. The normalized spacial score (nSPS) is 9.33. The topological polar surface area (TPSA) is 9.23 Å². The predicted octanol–water partition coefficient (Wildman–Crippen LogP) is 0.378. The average molecular weight is 196 g/mol. The Balaban J connectivity index is 0.00000196. The zero-order valence-electron chi connectivity index (χ0n) is 9.49. The number of hydrogen-bond acceptors (Lipinski definition) is 1. The fourth-order valence-electron chi connectivity index (χ4n) is 1.19. The van der Waals surface area contributed by atoms with Gasteiger partial charge in [0.1, 0.15) is 0 Å². The summed E-state index contributed by atoms with van der Waals surface area (Å²) >= 11 is 0. The molecule has 0 radical (unpaired) electrons.